The quantitative estimate of drug-likeness (QED) is 0.360. The van der Waals surface area contributed by atoms with Crippen LogP contribution in [0.3, 0.4) is 0 Å². The van der Waals surface area contributed by atoms with Gasteiger partial charge in [-0.1, -0.05) is 54.1 Å². The van der Waals surface area contributed by atoms with Gasteiger partial charge in [-0.2, -0.15) is 0 Å². The molecule has 174 valence electrons. The van der Waals surface area contributed by atoms with E-state index in [-0.39, 0.29) is 17.8 Å². The van der Waals surface area contributed by atoms with Crippen molar-refractivity contribution in [3.05, 3.63) is 107 Å². The van der Waals surface area contributed by atoms with Crippen molar-refractivity contribution in [1.29, 1.82) is 0 Å². The minimum Gasteiger partial charge on any atom is -0.369 e. The van der Waals surface area contributed by atoms with Crippen molar-refractivity contribution in [3.63, 3.8) is 0 Å². The third-order valence-corrected chi connectivity index (χ3v) is 7.13. The van der Waals surface area contributed by atoms with Gasteiger partial charge in [-0.25, -0.2) is 4.79 Å². The van der Waals surface area contributed by atoms with Crippen molar-refractivity contribution in [3.8, 4) is 0 Å². The maximum absolute atomic E-state index is 13.8. The number of fused-ring (bicyclic) bond motifs is 1. The summed E-state index contributed by atoms with van der Waals surface area (Å²) in [6, 6.07) is 21.4. The Morgan fingerprint density at radius 2 is 1.56 bits per heavy atom. The molecule has 0 radical (unpaired) electrons. The third-order valence-electron chi connectivity index (χ3n) is 6.16. The monoisotopic (exact) mass is 586 g/mol. The third kappa shape index (κ3) is 4.64. The number of rotatable bonds is 5. The van der Waals surface area contributed by atoms with E-state index in [1.807, 2.05) is 66.7 Å². The smallest absolute Gasteiger partial charge is 0.332 e. The molecule has 1 aliphatic heterocycles. The van der Waals surface area contributed by atoms with Crippen LogP contribution >= 0.6 is 34.2 Å². The Morgan fingerprint density at radius 1 is 0.853 bits per heavy atom. The lowest BCUT2D eigenvalue weighted by molar-refractivity contribution is 0.589. The molecule has 1 aromatic heterocycles. The molecule has 0 amide bonds. The number of benzene rings is 3. The van der Waals surface area contributed by atoms with Crippen LogP contribution in [0.25, 0.3) is 10.9 Å². The number of anilines is 1. The Balaban J connectivity index is 1.73. The van der Waals surface area contributed by atoms with Crippen molar-refractivity contribution in [2.45, 2.75) is 13.1 Å². The van der Waals surface area contributed by atoms with E-state index in [0.29, 0.717) is 22.5 Å². The van der Waals surface area contributed by atoms with Crippen molar-refractivity contribution >= 4 is 50.8 Å². The molecule has 6 nitrogen and oxygen atoms in total. The molecule has 1 saturated heterocycles. The van der Waals surface area contributed by atoms with Gasteiger partial charge >= 0.3 is 5.69 Å². The van der Waals surface area contributed by atoms with Crippen LogP contribution in [-0.4, -0.2) is 35.3 Å². The molecule has 2 heterocycles. The van der Waals surface area contributed by atoms with E-state index in [1.54, 1.807) is 4.57 Å². The van der Waals surface area contributed by atoms with Crippen LogP contribution in [0.2, 0.25) is 5.02 Å². The highest BCUT2D eigenvalue weighted by atomic mass is 127. The molecule has 0 spiro atoms. The summed E-state index contributed by atoms with van der Waals surface area (Å²) >= 11 is 8.97. The van der Waals surface area contributed by atoms with E-state index in [1.165, 1.54) is 4.57 Å². The van der Waals surface area contributed by atoms with E-state index < -0.39 is 0 Å². The highest BCUT2D eigenvalue weighted by Gasteiger charge is 2.20. The van der Waals surface area contributed by atoms with Crippen molar-refractivity contribution < 1.29 is 0 Å². The summed E-state index contributed by atoms with van der Waals surface area (Å²) in [5, 5.41) is 4.10. The largest absolute Gasteiger partial charge is 0.369 e. The Labute approximate surface area is 215 Å². The number of piperazine rings is 1. The molecular weight excluding hydrogens is 563 g/mol. The zero-order chi connectivity index (χ0) is 23.7. The van der Waals surface area contributed by atoms with Crippen LogP contribution in [0.4, 0.5) is 5.69 Å². The summed E-state index contributed by atoms with van der Waals surface area (Å²) in [6.45, 7) is 3.98. The zero-order valence-corrected chi connectivity index (χ0v) is 21.4. The second kappa shape index (κ2) is 9.93. The number of hydrogen-bond donors (Lipinski definition) is 1. The Morgan fingerprint density at radius 3 is 2.29 bits per heavy atom. The fourth-order valence-corrected chi connectivity index (χ4v) is 5.35. The summed E-state index contributed by atoms with van der Waals surface area (Å²) in [5.74, 6) is 0. The summed E-state index contributed by atoms with van der Waals surface area (Å²) < 4.78 is 4.03. The molecule has 4 aromatic rings. The van der Waals surface area contributed by atoms with E-state index >= 15 is 0 Å². The summed E-state index contributed by atoms with van der Waals surface area (Å²) in [4.78, 5) is 29.6. The first-order chi connectivity index (χ1) is 16.5. The fourth-order valence-electron chi connectivity index (χ4n) is 4.46. The highest BCUT2D eigenvalue weighted by Crippen LogP contribution is 2.28. The van der Waals surface area contributed by atoms with Crippen LogP contribution in [0, 0.1) is 3.57 Å². The molecule has 0 saturated carbocycles. The lowest BCUT2D eigenvalue weighted by Crippen LogP contribution is -2.44. The number of halogens is 2. The zero-order valence-electron chi connectivity index (χ0n) is 18.5. The number of aromatic nitrogens is 2. The maximum atomic E-state index is 13.8. The first-order valence-corrected chi connectivity index (χ1v) is 12.7. The number of hydrogen-bond acceptors (Lipinski definition) is 4. The minimum absolute atomic E-state index is 0.190. The molecule has 0 unspecified atom stereocenters. The van der Waals surface area contributed by atoms with Gasteiger partial charge in [0.15, 0.2) is 0 Å². The Bertz CT molecular complexity index is 1460. The molecule has 1 fully saturated rings. The van der Waals surface area contributed by atoms with Gasteiger partial charge in [0.1, 0.15) is 0 Å². The lowest BCUT2D eigenvalue weighted by atomic mass is 10.1. The Kier molecular flexibility index (Phi) is 6.76. The van der Waals surface area contributed by atoms with E-state index in [0.717, 1.165) is 46.6 Å². The van der Waals surface area contributed by atoms with Crippen LogP contribution in [0.1, 0.15) is 11.1 Å². The van der Waals surface area contributed by atoms with Crippen LogP contribution in [0.5, 0.6) is 0 Å². The molecular formula is C26H24ClIN4O2. The van der Waals surface area contributed by atoms with Gasteiger partial charge in [-0.15, -0.1) is 0 Å². The van der Waals surface area contributed by atoms with Crippen LogP contribution in [-0.2, 0) is 13.1 Å². The molecule has 5 rings (SSSR count). The van der Waals surface area contributed by atoms with Gasteiger partial charge in [0, 0.05) is 35.4 Å². The molecule has 3 aromatic carbocycles. The molecule has 0 atom stereocenters. The van der Waals surface area contributed by atoms with Crippen LogP contribution < -0.4 is 21.5 Å². The van der Waals surface area contributed by atoms with E-state index in [4.69, 9.17) is 11.6 Å². The predicted molar refractivity (Wildman–Crippen MR) is 146 cm³/mol. The second-order valence-electron chi connectivity index (χ2n) is 8.43. The average molecular weight is 587 g/mol. The predicted octanol–water partition coefficient (Wildman–Crippen LogP) is 3.93. The molecule has 34 heavy (non-hydrogen) atoms. The first-order valence-electron chi connectivity index (χ1n) is 11.2. The molecule has 1 N–H and O–H groups in total. The van der Waals surface area contributed by atoms with Gasteiger partial charge in [-0.05, 0) is 58.0 Å². The Hall–Kier alpha value is -2.62. The van der Waals surface area contributed by atoms with Gasteiger partial charge < -0.3 is 10.2 Å². The van der Waals surface area contributed by atoms with Gasteiger partial charge in [0.05, 0.1) is 29.0 Å². The van der Waals surface area contributed by atoms with E-state index in [9.17, 15) is 9.59 Å². The normalized spacial score (nSPS) is 14.0. The van der Waals surface area contributed by atoms with Crippen LogP contribution in [0.15, 0.2) is 76.3 Å². The maximum Gasteiger partial charge on any atom is 0.332 e. The van der Waals surface area contributed by atoms with E-state index in [2.05, 4.69) is 32.8 Å². The molecule has 8 heteroatoms. The lowest BCUT2D eigenvalue weighted by Gasteiger charge is -2.30. The topological polar surface area (TPSA) is 59.3 Å². The highest BCUT2D eigenvalue weighted by molar-refractivity contribution is 14.1. The second-order valence-corrected chi connectivity index (χ2v) is 10.1. The minimum atomic E-state index is -0.361. The van der Waals surface area contributed by atoms with Crippen molar-refractivity contribution in [1.82, 2.24) is 14.5 Å². The van der Waals surface area contributed by atoms with Gasteiger partial charge in [0.25, 0.3) is 5.56 Å². The summed E-state index contributed by atoms with van der Waals surface area (Å²) in [6.07, 6.45) is 0. The number of nitrogens with zero attached hydrogens (tertiary/aromatic N) is 3. The van der Waals surface area contributed by atoms with Crippen molar-refractivity contribution in [2.75, 3.05) is 31.1 Å². The fraction of sp³-hybridized carbons (Fsp3) is 0.231. The molecule has 0 aliphatic carbocycles. The SMILES string of the molecule is O=c1c2c(Cl)cc(N3CCNCC3)cc2n(Cc2ccccc2)c(=O)n1Cc1cccc(I)c1. The molecule has 1 aliphatic rings. The summed E-state index contributed by atoms with van der Waals surface area (Å²) in [7, 11) is 0. The summed E-state index contributed by atoms with van der Waals surface area (Å²) in [5.41, 5.74) is 2.67. The first kappa shape index (κ1) is 23.1. The average Bonchev–Trinajstić information content (AvgIpc) is 2.85. The van der Waals surface area contributed by atoms with Crippen molar-refractivity contribution in [2.24, 2.45) is 0 Å². The van der Waals surface area contributed by atoms with Gasteiger partial charge in [-0.3, -0.25) is 13.9 Å². The number of nitrogens with one attached hydrogen (secondary N) is 1. The molecule has 0 bridgehead atoms. The standard InChI is InChI=1S/C26H24ClIN4O2/c27-22-14-21(30-11-9-29-10-12-30)15-23-24(22)25(33)32(17-19-7-4-8-20(28)13-19)26(34)31(23)16-18-5-2-1-3-6-18/h1-8,13-15,29H,9-12,16-17H2. The van der Waals surface area contributed by atoms with Gasteiger partial charge in [0.2, 0.25) is 0 Å².